The highest BCUT2D eigenvalue weighted by Crippen LogP contribution is 2.48. The molecule has 0 aromatic carbocycles. The molecule has 1 aromatic heterocycles. The smallest absolute Gasteiger partial charge is 0.317 e. The molecular weight excluding hydrogens is 372 g/mol. The van der Waals surface area contributed by atoms with Gasteiger partial charge in [-0.25, -0.2) is 4.79 Å². The van der Waals surface area contributed by atoms with Crippen molar-refractivity contribution in [3.8, 4) is 0 Å². The van der Waals surface area contributed by atoms with Crippen molar-refractivity contribution in [1.29, 1.82) is 0 Å². The maximum Gasteiger partial charge on any atom is 0.317 e. The molecule has 0 radical (unpaired) electrons. The number of aromatic nitrogens is 2. The number of hydrogen-bond acceptors (Lipinski definition) is 6. The fourth-order valence-electron chi connectivity index (χ4n) is 4.29. The van der Waals surface area contributed by atoms with Gasteiger partial charge in [-0.2, -0.15) is 0 Å². The summed E-state index contributed by atoms with van der Waals surface area (Å²) in [6, 6.07) is -0.0510. The molecule has 1 aromatic rings. The summed E-state index contributed by atoms with van der Waals surface area (Å²) in [5, 5.41) is 11.4. The molecule has 9 nitrogen and oxygen atoms in total. The monoisotopic (exact) mass is 406 g/mol. The normalized spacial score (nSPS) is 21.7. The lowest BCUT2D eigenvalue weighted by atomic mass is 9.76. The molecule has 3 amide bonds. The van der Waals surface area contributed by atoms with E-state index in [0.717, 1.165) is 38.9 Å². The van der Waals surface area contributed by atoms with Gasteiger partial charge in [-0.3, -0.25) is 9.69 Å². The zero-order chi connectivity index (χ0) is 21.2. The number of likely N-dealkylation sites (tertiary alicyclic amines) is 2. The van der Waals surface area contributed by atoms with Gasteiger partial charge in [-0.15, -0.1) is 10.2 Å². The molecule has 0 bridgehead atoms. The maximum absolute atomic E-state index is 12.4. The Morgan fingerprint density at radius 2 is 1.97 bits per heavy atom. The first-order valence-electron chi connectivity index (χ1n) is 10.5. The Bertz CT molecular complexity index is 724. The molecule has 1 spiro atoms. The molecule has 1 atom stereocenters. The van der Waals surface area contributed by atoms with E-state index in [1.165, 1.54) is 0 Å². The third-order valence-corrected chi connectivity index (χ3v) is 6.12. The highest BCUT2D eigenvalue weighted by molar-refractivity contribution is 5.77. The molecule has 29 heavy (non-hydrogen) atoms. The average molecular weight is 407 g/mol. The number of carbonyl (C=O) groups excluding carboxylic acids is 2. The van der Waals surface area contributed by atoms with Crippen LogP contribution in [0.5, 0.6) is 0 Å². The molecule has 3 heterocycles. The van der Waals surface area contributed by atoms with Gasteiger partial charge in [0.25, 0.3) is 0 Å². The molecule has 2 fully saturated rings. The van der Waals surface area contributed by atoms with Crippen LogP contribution in [0.1, 0.15) is 63.8 Å². The lowest BCUT2D eigenvalue weighted by Crippen LogP contribution is -2.48. The lowest BCUT2D eigenvalue weighted by Gasteiger charge is -2.39. The second kappa shape index (κ2) is 8.69. The van der Waals surface area contributed by atoms with Crippen LogP contribution < -0.4 is 5.32 Å². The Balaban J connectivity index is 1.76. The first-order chi connectivity index (χ1) is 13.7. The van der Waals surface area contributed by atoms with Crippen molar-refractivity contribution in [3.05, 3.63) is 11.8 Å². The van der Waals surface area contributed by atoms with Gasteiger partial charge in [0.15, 0.2) is 0 Å². The van der Waals surface area contributed by atoms with Gasteiger partial charge in [0.1, 0.15) is 0 Å². The number of rotatable bonds is 5. The van der Waals surface area contributed by atoms with Crippen molar-refractivity contribution in [2.45, 2.75) is 52.0 Å². The van der Waals surface area contributed by atoms with Crippen LogP contribution in [-0.2, 0) is 4.79 Å². The number of hydrogen-bond donors (Lipinski definition) is 1. The van der Waals surface area contributed by atoms with E-state index in [1.807, 2.05) is 25.7 Å². The van der Waals surface area contributed by atoms with Crippen LogP contribution in [-0.4, -0.2) is 83.7 Å². The van der Waals surface area contributed by atoms with E-state index in [0.29, 0.717) is 24.9 Å². The molecule has 162 valence electrons. The summed E-state index contributed by atoms with van der Waals surface area (Å²) in [5.41, 5.74) is 0.0622. The van der Waals surface area contributed by atoms with Gasteiger partial charge >= 0.3 is 6.03 Å². The van der Waals surface area contributed by atoms with Crippen LogP contribution in [0, 0.1) is 5.41 Å². The van der Waals surface area contributed by atoms with Crippen LogP contribution in [0.3, 0.4) is 0 Å². The Labute approximate surface area is 172 Å². The van der Waals surface area contributed by atoms with Crippen molar-refractivity contribution in [2.24, 2.45) is 5.41 Å². The average Bonchev–Trinajstić information content (AvgIpc) is 3.28. The molecule has 2 saturated heterocycles. The van der Waals surface area contributed by atoms with Gasteiger partial charge in [-0.05, 0) is 31.6 Å². The molecule has 1 N–H and O–H groups in total. The van der Waals surface area contributed by atoms with Crippen molar-refractivity contribution >= 4 is 11.9 Å². The summed E-state index contributed by atoms with van der Waals surface area (Å²) in [6.07, 6.45) is 2.70. The van der Waals surface area contributed by atoms with Crippen molar-refractivity contribution in [3.63, 3.8) is 0 Å². The number of carbonyl (C=O) groups is 2. The minimum atomic E-state index is -0.0603. The number of amides is 3. The van der Waals surface area contributed by atoms with E-state index in [4.69, 9.17) is 4.42 Å². The quantitative estimate of drug-likeness (QED) is 0.802. The van der Waals surface area contributed by atoms with E-state index in [1.54, 1.807) is 19.0 Å². The van der Waals surface area contributed by atoms with Crippen molar-refractivity contribution in [1.82, 2.24) is 30.2 Å². The number of nitrogens with zero attached hydrogens (tertiary/aromatic N) is 5. The summed E-state index contributed by atoms with van der Waals surface area (Å²) >= 11 is 0. The van der Waals surface area contributed by atoms with E-state index in [9.17, 15) is 9.59 Å². The Morgan fingerprint density at radius 3 is 2.52 bits per heavy atom. The van der Waals surface area contributed by atoms with E-state index < -0.39 is 0 Å². The van der Waals surface area contributed by atoms with Crippen LogP contribution >= 0.6 is 0 Å². The van der Waals surface area contributed by atoms with Crippen LogP contribution in [0.2, 0.25) is 0 Å². The number of nitrogens with one attached hydrogen (secondary N) is 1. The molecule has 0 saturated carbocycles. The topological polar surface area (TPSA) is 94.8 Å². The zero-order valence-electron chi connectivity index (χ0n) is 18.3. The highest BCUT2D eigenvalue weighted by Gasteiger charge is 2.48. The highest BCUT2D eigenvalue weighted by atomic mass is 16.4. The van der Waals surface area contributed by atoms with Crippen LogP contribution in [0.4, 0.5) is 4.79 Å². The SMILES string of the molecule is CCNC(=O)N1CCC2(CC1)CC(c1nnc(C(C)C)o1)N(CC(=O)N(C)C)C2. The molecule has 2 aliphatic rings. The van der Waals surface area contributed by atoms with Gasteiger partial charge in [0, 0.05) is 46.2 Å². The van der Waals surface area contributed by atoms with E-state index in [2.05, 4.69) is 20.4 Å². The third kappa shape index (κ3) is 4.71. The van der Waals surface area contributed by atoms with Gasteiger partial charge in [-0.1, -0.05) is 13.8 Å². The summed E-state index contributed by atoms with van der Waals surface area (Å²) in [7, 11) is 3.55. The lowest BCUT2D eigenvalue weighted by molar-refractivity contribution is -0.130. The summed E-state index contributed by atoms with van der Waals surface area (Å²) in [5.74, 6) is 1.47. The summed E-state index contributed by atoms with van der Waals surface area (Å²) in [4.78, 5) is 30.3. The first-order valence-corrected chi connectivity index (χ1v) is 10.5. The predicted molar refractivity (Wildman–Crippen MR) is 108 cm³/mol. The van der Waals surface area contributed by atoms with Gasteiger partial charge < -0.3 is 19.5 Å². The minimum Gasteiger partial charge on any atom is -0.423 e. The number of likely N-dealkylation sites (N-methyl/N-ethyl adjacent to an activating group) is 1. The Kier molecular flexibility index (Phi) is 6.45. The van der Waals surface area contributed by atoms with Crippen LogP contribution in [0.25, 0.3) is 0 Å². The number of piperidine rings is 1. The van der Waals surface area contributed by atoms with Gasteiger partial charge in [0.05, 0.1) is 12.6 Å². The first kappa shape index (κ1) is 21.5. The van der Waals surface area contributed by atoms with Gasteiger partial charge in [0.2, 0.25) is 17.7 Å². The third-order valence-electron chi connectivity index (χ3n) is 6.12. The zero-order valence-corrected chi connectivity index (χ0v) is 18.3. The fourth-order valence-corrected chi connectivity index (χ4v) is 4.29. The van der Waals surface area contributed by atoms with Crippen molar-refractivity contribution in [2.75, 3.05) is 46.8 Å². The predicted octanol–water partition coefficient (Wildman–Crippen LogP) is 1.84. The Hall–Kier alpha value is -2.16. The summed E-state index contributed by atoms with van der Waals surface area (Å²) in [6.45, 7) is 9.22. The molecule has 3 rings (SSSR count). The fraction of sp³-hybridized carbons (Fsp3) is 0.800. The molecular formula is C20H34N6O3. The molecule has 9 heteroatoms. The summed E-state index contributed by atoms with van der Waals surface area (Å²) < 4.78 is 5.96. The second-order valence-electron chi connectivity index (χ2n) is 8.87. The molecule has 1 unspecified atom stereocenters. The van der Waals surface area contributed by atoms with Crippen molar-refractivity contribution < 1.29 is 14.0 Å². The second-order valence-corrected chi connectivity index (χ2v) is 8.87. The minimum absolute atomic E-state index is 0.00927. The van der Waals surface area contributed by atoms with E-state index >= 15 is 0 Å². The number of urea groups is 1. The standard InChI is InChI=1S/C20H34N6O3/c1-6-21-19(28)25-9-7-20(8-10-25)11-15(18-23-22-17(29-18)14(2)3)26(13-20)12-16(27)24(4)5/h14-15H,6-13H2,1-5H3,(H,21,28). The maximum atomic E-state index is 12.4. The Morgan fingerprint density at radius 1 is 1.28 bits per heavy atom. The molecule has 2 aliphatic heterocycles. The molecule has 0 aliphatic carbocycles. The van der Waals surface area contributed by atoms with Crippen LogP contribution in [0.15, 0.2) is 4.42 Å². The van der Waals surface area contributed by atoms with E-state index in [-0.39, 0.29) is 29.3 Å². The largest absolute Gasteiger partial charge is 0.423 e.